The Hall–Kier alpha value is -0.610. The van der Waals surface area contributed by atoms with Crippen molar-refractivity contribution in [3.05, 3.63) is 0 Å². The molecule has 0 spiro atoms. The van der Waals surface area contributed by atoms with Crippen molar-refractivity contribution < 1.29 is 9.90 Å². The van der Waals surface area contributed by atoms with Crippen LogP contribution in [0.25, 0.3) is 0 Å². The Morgan fingerprint density at radius 1 is 1.50 bits per heavy atom. The van der Waals surface area contributed by atoms with Gasteiger partial charge in [-0.2, -0.15) is 0 Å². The molecule has 0 fully saturated rings. The van der Waals surface area contributed by atoms with Crippen molar-refractivity contribution in [3.63, 3.8) is 0 Å². The van der Waals surface area contributed by atoms with Gasteiger partial charge in [0.05, 0.1) is 0 Å². The Balaban J connectivity index is 3.22. The largest absolute Gasteiger partial charge is 0.396 e. The van der Waals surface area contributed by atoms with Crippen molar-refractivity contribution in [2.75, 3.05) is 19.7 Å². The van der Waals surface area contributed by atoms with Crippen LogP contribution in [0.1, 0.15) is 32.6 Å². The summed E-state index contributed by atoms with van der Waals surface area (Å²) in [6.07, 6.45) is 3.15. The van der Waals surface area contributed by atoms with Crippen molar-refractivity contribution in [2.45, 2.75) is 32.6 Å². The number of carbonyl (C=O) groups excluding carboxylic acids is 1. The molecule has 4 heteroatoms. The van der Waals surface area contributed by atoms with E-state index in [1.54, 1.807) is 0 Å². The highest BCUT2D eigenvalue weighted by Gasteiger charge is 2.01. The predicted molar refractivity (Wildman–Crippen MR) is 56.8 cm³/mol. The van der Waals surface area contributed by atoms with Crippen LogP contribution in [-0.2, 0) is 4.79 Å². The van der Waals surface area contributed by atoms with E-state index in [1.165, 1.54) is 0 Å². The molecule has 0 saturated carbocycles. The molecule has 0 heterocycles. The topological polar surface area (TPSA) is 75.3 Å². The summed E-state index contributed by atoms with van der Waals surface area (Å²) >= 11 is 0. The number of aliphatic hydroxyl groups excluding tert-OH is 1. The maximum atomic E-state index is 11.1. The lowest BCUT2D eigenvalue weighted by atomic mass is 10.1. The van der Waals surface area contributed by atoms with Crippen molar-refractivity contribution >= 4 is 5.91 Å². The van der Waals surface area contributed by atoms with Crippen LogP contribution in [0, 0.1) is 5.92 Å². The van der Waals surface area contributed by atoms with Crippen LogP contribution in [0.15, 0.2) is 0 Å². The zero-order valence-electron chi connectivity index (χ0n) is 8.96. The number of amides is 1. The van der Waals surface area contributed by atoms with Gasteiger partial charge in [-0.05, 0) is 31.7 Å². The highest BCUT2D eigenvalue weighted by Crippen LogP contribution is 2.02. The van der Waals surface area contributed by atoms with Gasteiger partial charge in [0.25, 0.3) is 0 Å². The maximum absolute atomic E-state index is 11.1. The smallest absolute Gasteiger partial charge is 0.220 e. The Bertz CT molecular complexity index is 151. The van der Waals surface area contributed by atoms with E-state index in [9.17, 15) is 4.79 Å². The van der Waals surface area contributed by atoms with Gasteiger partial charge in [0.1, 0.15) is 0 Å². The van der Waals surface area contributed by atoms with Gasteiger partial charge in [0.2, 0.25) is 5.91 Å². The minimum atomic E-state index is 0.0760. The number of carbonyl (C=O) groups is 1. The van der Waals surface area contributed by atoms with E-state index in [0.29, 0.717) is 25.4 Å². The van der Waals surface area contributed by atoms with E-state index in [1.807, 2.05) is 6.92 Å². The van der Waals surface area contributed by atoms with E-state index in [0.717, 1.165) is 19.3 Å². The van der Waals surface area contributed by atoms with Gasteiger partial charge < -0.3 is 16.2 Å². The van der Waals surface area contributed by atoms with Gasteiger partial charge >= 0.3 is 0 Å². The molecule has 84 valence electrons. The summed E-state index contributed by atoms with van der Waals surface area (Å²) < 4.78 is 0. The lowest BCUT2D eigenvalue weighted by Gasteiger charge is -2.08. The van der Waals surface area contributed by atoms with Crippen LogP contribution in [0.5, 0.6) is 0 Å². The third-order valence-electron chi connectivity index (χ3n) is 2.12. The molecule has 0 radical (unpaired) electrons. The van der Waals surface area contributed by atoms with E-state index < -0.39 is 0 Å². The number of hydrogen-bond donors (Lipinski definition) is 3. The third kappa shape index (κ3) is 8.01. The SMILES string of the molecule is CC(CO)CCCNC(=O)CCCN. The zero-order valence-corrected chi connectivity index (χ0v) is 8.96. The molecular weight excluding hydrogens is 180 g/mol. The summed E-state index contributed by atoms with van der Waals surface area (Å²) in [5.41, 5.74) is 5.28. The normalized spacial score (nSPS) is 12.5. The molecule has 14 heavy (non-hydrogen) atoms. The van der Waals surface area contributed by atoms with Crippen LogP contribution in [0.2, 0.25) is 0 Å². The number of hydrogen-bond acceptors (Lipinski definition) is 3. The molecule has 0 bridgehead atoms. The fraction of sp³-hybridized carbons (Fsp3) is 0.900. The van der Waals surface area contributed by atoms with Crippen LogP contribution < -0.4 is 11.1 Å². The molecule has 1 amide bonds. The molecule has 0 aromatic carbocycles. The first-order valence-corrected chi connectivity index (χ1v) is 5.28. The first kappa shape index (κ1) is 13.4. The molecule has 0 aromatic heterocycles. The molecule has 0 saturated heterocycles. The highest BCUT2D eigenvalue weighted by atomic mass is 16.3. The van der Waals surface area contributed by atoms with Crippen molar-refractivity contribution in [3.8, 4) is 0 Å². The summed E-state index contributed by atoms with van der Waals surface area (Å²) in [5.74, 6) is 0.406. The second-order valence-corrected chi connectivity index (χ2v) is 3.67. The molecular formula is C10H22N2O2. The first-order chi connectivity index (χ1) is 6.70. The van der Waals surface area contributed by atoms with Crippen molar-refractivity contribution in [1.29, 1.82) is 0 Å². The molecule has 4 N–H and O–H groups in total. The van der Waals surface area contributed by atoms with Crippen LogP contribution in [0.4, 0.5) is 0 Å². The van der Waals surface area contributed by atoms with Gasteiger partial charge in [-0.3, -0.25) is 4.79 Å². The summed E-state index contributed by atoms with van der Waals surface area (Å²) in [5, 5.41) is 11.6. The van der Waals surface area contributed by atoms with Gasteiger partial charge in [0.15, 0.2) is 0 Å². The average Bonchev–Trinajstić information content (AvgIpc) is 2.21. The summed E-state index contributed by atoms with van der Waals surface area (Å²) in [4.78, 5) is 11.1. The number of aliphatic hydroxyl groups is 1. The van der Waals surface area contributed by atoms with E-state index in [4.69, 9.17) is 10.8 Å². The Labute approximate surface area is 85.9 Å². The Kier molecular flexibility index (Phi) is 8.57. The van der Waals surface area contributed by atoms with Gasteiger partial charge in [-0.25, -0.2) is 0 Å². The minimum absolute atomic E-state index is 0.0760. The highest BCUT2D eigenvalue weighted by molar-refractivity contribution is 5.75. The lowest BCUT2D eigenvalue weighted by Crippen LogP contribution is -2.25. The minimum Gasteiger partial charge on any atom is -0.396 e. The predicted octanol–water partition coefficient (Wildman–Crippen LogP) is 0.250. The standard InChI is InChI=1S/C10H22N2O2/c1-9(8-13)4-3-7-12-10(14)5-2-6-11/h9,13H,2-8,11H2,1H3,(H,12,14). The van der Waals surface area contributed by atoms with Crippen LogP contribution in [-0.4, -0.2) is 30.7 Å². The molecule has 0 aliphatic heterocycles. The quantitative estimate of drug-likeness (QED) is 0.494. The zero-order chi connectivity index (χ0) is 10.8. The van der Waals surface area contributed by atoms with E-state index in [-0.39, 0.29) is 12.5 Å². The summed E-state index contributed by atoms with van der Waals surface area (Å²) in [7, 11) is 0. The second-order valence-electron chi connectivity index (χ2n) is 3.67. The maximum Gasteiger partial charge on any atom is 0.220 e. The fourth-order valence-electron chi connectivity index (χ4n) is 1.12. The fourth-order valence-corrected chi connectivity index (χ4v) is 1.12. The van der Waals surface area contributed by atoms with E-state index >= 15 is 0 Å². The number of nitrogens with one attached hydrogen (secondary N) is 1. The molecule has 0 aliphatic carbocycles. The van der Waals surface area contributed by atoms with Crippen molar-refractivity contribution in [1.82, 2.24) is 5.32 Å². The van der Waals surface area contributed by atoms with Gasteiger partial charge in [0, 0.05) is 19.6 Å². The van der Waals surface area contributed by atoms with Gasteiger partial charge in [-0.1, -0.05) is 6.92 Å². The molecule has 0 aliphatic rings. The monoisotopic (exact) mass is 202 g/mol. The lowest BCUT2D eigenvalue weighted by molar-refractivity contribution is -0.121. The summed E-state index contributed by atoms with van der Waals surface area (Å²) in [6.45, 7) is 3.49. The van der Waals surface area contributed by atoms with Crippen molar-refractivity contribution in [2.24, 2.45) is 11.7 Å². The summed E-state index contributed by atoms with van der Waals surface area (Å²) in [6, 6.07) is 0. The first-order valence-electron chi connectivity index (χ1n) is 5.28. The van der Waals surface area contributed by atoms with E-state index in [2.05, 4.69) is 5.32 Å². The molecule has 4 nitrogen and oxygen atoms in total. The Morgan fingerprint density at radius 3 is 2.79 bits per heavy atom. The molecule has 1 atom stereocenters. The molecule has 1 unspecified atom stereocenters. The second kappa shape index (κ2) is 8.97. The van der Waals surface area contributed by atoms with Crippen LogP contribution >= 0.6 is 0 Å². The molecule has 0 rings (SSSR count). The number of nitrogens with two attached hydrogens (primary N) is 1. The average molecular weight is 202 g/mol. The Morgan fingerprint density at radius 2 is 2.21 bits per heavy atom. The van der Waals surface area contributed by atoms with Gasteiger partial charge in [-0.15, -0.1) is 0 Å². The third-order valence-corrected chi connectivity index (χ3v) is 2.12. The van der Waals surface area contributed by atoms with Crippen LogP contribution in [0.3, 0.4) is 0 Å². The molecule has 0 aromatic rings. The number of rotatable bonds is 8.